The third kappa shape index (κ3) is 3.31. The molecule has 1 aliphatic rings. The van der Waals surface area contributed by atoms with E-state index in [4.69, 9.17) is 11.6 Å². The van der Waals surface area contributed by atoms with Crippen molar-refractivity contribution >= 4 is 21.6 Å². The van der Waals surface area contributed by atoms with Crippen LogP contribution in [0.25, 0.3) is 0 Å². The van der Waals surface area contributed by atoms with Crippen molar-refractivity contribution in [3.63, 3.8) is 0 Å². The van der Waals surface area contributed by atoms with Crippen molar-refractivity contribution in [1.29, 1.82) is 0 Å². The maximum atomic E-state index is 13.1. The van der Waals surface area contributed by atoms with Crippen LogP contribution in [0.5, 0.6) is 0 Å². The molecule has 0 amide bonds. The topological polar surface area (TPSA) is 49.4 Å². The van der Waals surface area contributed by atoms with Crippen LogP contribution in [0.3, 0.4) is 0 Å². The first-order valence-corrected chi connectivity index (χ1v) is 8.45. The van der Waals surface area contributed by atoms with E-state index in [0.29, 0.717) is 13.1 Å². The molecule has 1 aromatic rings. The molecule has 0 spiro atoms. The number of nitrogens with zero attached hydrogens (tertiary/aromatic N) is 1. The first kappa shape index (κ1) is 15.7. The molecule has 0 bridgehead atoms. The first-order valence-electron chi connectivity index (χ1n) is 6.63. The number of benzene rings is 1. The highest BCUT2D eigenvalue weighted by Crippen LogP contribution is 2.23. The number of nitrogens with one attached hydrogen (secondary N) is 1. The van der Waals surface area contributed by atoms with Gasteiger partial charge >= 0.3 is 0 Å². The van der Waals surface area contributed by atoms with E-state index in [0.717, 1.165) is 31.5 Å². The summed E-state index contributed by atoms with van der Waals surface area (Å²) in [6, 6.07) is 3.68. The predicted octanol–water partition coefficient (Wildman–Crippen LogP) is 2.24. The molecule has 1 heterocycles. The zero-order valence-corrected chi connectivity index (χ0v) is 12.8. The molecule has 1 aromatic carbocycles. The monoisotopic (exact) mass is 320 g/mol. The normalized spacial score (nSPS) is 19.7. The number of rotatable bonds is 5. The van der Waals surface area contributed by atoms with Crippen molar-refractivity contribution in [2.45, 2.75) is 30.7 Å². The minimum absolute atomic E-state index is 0.0312. The molecule has 2 rings (SSSR count). The van der Waals surface area contributed by atoms with Gasteiger partial charge in [-0.3, -0.25) is 0 Å². The standard InChI is InChI=1S/C13H18ClFN2O2S/c1-2-17(9-10-4-3-7-16-10)20(18,19)11-5-6-13(15)12(14)8-11/h5-6,8,10,16H,2-4,7,9H2,1H3. The minimum atomic E-state index is -3.64. The third-order valence-corrected chi connectivity index (χ3v) is 5.69. The molecule has 1 aliphatic heterocycles. The zero-order valence-electron chi connectivity index (χ0n) is 11.3. The Kier molecular flexibility index (Phi) is 5.01. The van der Waals surface area contributed by atoms with Gasteiger partial charge in [-0.25, -0.2) is 12.8 Å². The SMILES string of the molecule is CCN(CC1CCCN1)S(=O)(=O)c1ccc(F)c(Cl)c1. The summed E-state index contributed by atoms with van der Waals surface area (Å²) in [4.78, 5) is 0.0312. The van der Waals surface area contributed by atoms with Gasteiger partial charge in [0.2, 0.25) is 10.0 Å². The summed E-state index contributed by atoms with van der Waals surface area (Å²) < 4.78 is 39.6. The van der Waals surface area contributed by atoms with Crippen molar-refractivity contribution in [3.8, 4) is 0 Å². The van der Waals surface area contributed by atoms with Crippen LogP contribution in [0.4, 0.5) is 4.39 Å². The molecule has 4 nitrogen and oxygen atoms in total. The summed E-state index contributed by atoms with van der Waals surface area (Å²) in [7, 11) is -3.64. The van der Waals surface area contributed by atoms with E-state index < -0.39 is 15.8 Å². The van der Waals surface area contributed by atoms with Crippen LogP contribution >= 0.6 is 11.6 Å². The largest absolute Gasteiger partial charge is 0.313 e. The summed E-state index contributed by atoms with van der Waals surface area (Å²) in [6.45, 7) is 3.51. The molecule has 0 aromatic heterocycles. The van der Waals surface area contributed by atoms with Crippen LogP contribution in [-0.2, 0) is 10.0 Å². The highest BCUT2D eigenvalue weighted by Gasteiger charge is 2.27. The van der Waals surface area contributed by atoms with Gasteiger partial charge < -0.3 is 5.32 Å². The van der Waals surface area contributed by atoms with Crippen molar-refractivity contribution in [2.75, 3.05) is 19.6 Å². The Morgan fingerprint density at radius 1 is 1.50 bits per heavy atom. The molecule has 20 heavy (non-hydrogen) atoms. The first-order chi connectivity index (χ1) is 9.45. The zero-order chi connectivity index (χ0) is 14.8. The maximum absolute atomic E-state index is 13.1. The van der Waals surface area contributed by atoms with E-state index in [1.54, 1.807) is 6.92 Å². The molecule has 112 valence electrons. The molecule has 7 heteroatoms. The highest BCUT2D eigenvalue weighted by atomic mass is 35.5. The Morgan fingerprint density at radius 2 is 2.25 bits per heavy atom. The summed E-state index contributed by atoms with van der Waals surface area (Å²) in [6.07, 6.45) is 2.03. The number of sulfonamides is 1. The smallest absolute Gasteiger partial charge is 0.243 e. The Balaban J connectivity index is 2.23. The van der Waals surface area contributed by atoms with Crippen molar-refractivity contribution < 1.29 is 12.8 Å². The van der Waals surface area contributed by atoms with E-state index in [1.165, 1.54) is 10.4 Å². The summed E-state index contributed by atoms with van der Waals surface area (Å²) in [5, 5.41) is 3.09. The van der Waals surface area contributed by atoms with Gasteiger partial charge in [0, 0.05) is 19.1 Å². The molecule has 1 fully saturated rings. The van der Waals surface area contributed by atoms with E-state index >= 15 is 0 Å². The molecule has 0 aliphatic carbocycles. The van der Waals surface area contributed by atoms with E-state index in [1.807, 2.05) is 0 Å². The molecule has 1 unspecified atom stereocenters. The molecule has 1 N–H and O–H groups in total. The van der Waals surface area contributed by atoms with Gasteiger partial charge in [0.05, 0.1) is 9.92 Å². The molecular formula is C13H18ClFN2O2S. The van der Waals surface area contributed by atoms with Gasteiger partial charge in [-0.05, 0) is 37.6 Å². The fourth-order valence-electron chi connectivity index (χ4n) is 2.34. The van der Waals surface area contributed by atoms with E-state index in [2.05, 4.69) is 5.32 Å². The summed E-state index contributed by atoms with van der Waals surface area (Å²) in [5.74, 6) is -0.619. The second-order valence-electron chi connectivity index (χ2n) is 4.82. The quantitative estimate of drug-likeness (QED) is 0.905. The second-order valence-corrected chi connectivity index (χ2v) is 7.17. The van der Waals surface area contributed by atoms with Gasteiger partial charge in [-0.2, -0.15) is 4.31 Å². The van der Waals surface area contributed by atoms with Gasteiger partial charge in [-0.1, -0.05) is 18.5 Å². The molecule has 0 saturated carbocycles. The number of hydrogen-bond acceptors (Lipinski definition) is 3. The van der Waals surface area contributed by atoms with Crippen molar-refractivity contribution in [2.24, 2.45) is 0 Å². The predicted molar refractivity (Wildman–Crippen MR) is 76.9 cm³/mol. The fourth-order valence-corrected chi connectivity index (χ4v) is 4.11. The van der Waals surface area contributed by atoms with Gasteiger partial charge in [0.15, 0.2) is 0 Å². The highest BCUT2D eigenvalue weighted by molar-refractivity contribution is 7.89. The minimum Gasteiger partial charge on any atom is -0.313 e. The lowest BCUT2D eigenvalue weighted by atomic mass is 10.2. The van der Waals surface area contributed by atoms with Crippen LogP contribution in [0.1, 0.15) is 19.8 Å². The maximum Gasteiger partial charge on any atom is 0.243 e. The average molecular weight is 321 g/mol. The number of halogens is 2. The lowest BCUT2D eigenvalue weighted by Crippen LogP contribution is -2.40. The molecule has 0 radical (unpaired) electrons. The summed E-state index contributed by atoms with van der Waals surface area (Å²) in [5.41, 5.74) is 0. The van der Waals surface area contributed by atoms with Crippen LogP contribution < -0.4 is 5.32 Å². The molecule has 1 saturated heterocycles. The van der Waals surface area contributed by atoms with E-state index in [9.17, 15) is 12.8 Å². The Morgan fingerprint density at radius 3 is 2.80 bits per heavy atom. The van der Waals surface area contributed by atoms with Gasteiger partial charge in [-0.15, -0.1) is 0 Å². The average Bonchev–Trinajstić information content (AvgIpc) is 2.91. The fraction of sp³-hybridized carbons (Fsp3) is 0.538. The molecule has 1 atom stereocenters. The Labute approximate surface area is 124 Å². The van der Waals surface area contributed by atoms with Crippen LogP contribution in [0, 0.1) is 5.82 Å². The lowest BCUT2D eigenvalue weighted by molar-refractivity contribution is 0.383. The van der Waals surface area contributed by atoms with Crippen LogP contribution in [0.15, 0.2) is 23.1 Å². The third-order valence-electron chi connectivity index (χ3n) is 3.47. The summed E-state index contributed by atoms with van der Waals surface area (Å²) >= 11 is 5.67. The van der Waals surface area contributed by atoms with Crippen LogP contribution in [0.2, 0.25) is 5.02 Å². The Bertz CT molecular complexity index is 574. The lowest BCUT2D eigenvalue weighted by Gasteiger charge is -2.24. The van der Waals surface area contributed by atoms with Crippen LogP contribution in [-0.4, -0.2) is 38.4 Å². The molecular weight excluding hydrogens is 303 g/mol. The van der Waals surface area contributed by atoms with E-state index in [-0.39, 0.29) is 16.0 Å². The number of likely N-dealkylation sites (N-methyl/N-ethyl adjacent to an activating group) is 1. The van der Waals surface area contributed by atoms with Gasteiger partial charge in [0.25, 0.3) is 0 Å². The Hall–Kier alpha value is -0.690. The van der Waals surface area contributed by atoms with Crippen molar-refractivity contribution in [3.05, 3.63) is 29.0 Å². The second kappa shape index (κ2) is 6.39. The van der Waals surface area contributed by atoms with Crippen molar-refractivity contribution in [1.82, 2.24) is 9.62 Å². The van der Waals surface area contributed by atoms with Gasteiger partial charge in [0.1, 0.15) is 5.82 Å². The number of hydrogen-bond donors (Lipinski definition) is 1.